The molecule has 2 rings (SSSR count). The zero-order valence-electron chi connectivity index (χ0n) is 14.3. The number of benzene rings is 1. The van der Waals surface area contributed by atoms with E-state index in [1.54, 1.807) is 6.07 Å². The quantitative estimate of drug-likeness (QED) is 0.624. The number of rotatable bonds is 6. The third-order valence-corrected chi connectivity index (χ3v) is 4.06. The maximum absolute atomic E-state index is 12.2. The lowest BCUT2D eigenvalue weighted by Gasteiger charge is -2.12. The van der Waals surface area contributed by atoms with Gasteiger partial charge >= 0.3 is 12.1 Å². The van der Waals surface area contributed by atoms with Crippen molar-refractivity contribution in [2.45, 2.75) is 45.1 Å². The molecule has 1 atom stereocenters. The fourth-order valence-electron chi connectivity index (χ4n) is 2.67. The van der Waals surface area contributed by atoms with Crippen molar-refractivity contribution in [2.75, 3.05) is 7.11 Å². The van der Waals surface area contributed by atoms with Gasteiger partial charge in [0.25, 0.3) is 5.91 Å². The Labute approximate surface area is 145 Å². The van der Waals surface area contributed by atoms with Crippen molar-refractivity contribution < 1.29 is 28.7 Å². The molecule has 1 aromatic rings. The summed E-state index contributed by atoms with van der Waals surface area (Å²) >= 11 is 0. The third kappa shape index (κ3) is 5.14. The van der Waals surface area contributed by atoms with Crippen LogP contribution in [0.3, 0.4) is 0 Å². The molecule has 0 fully saturated rings. The van der Waals surface area contributed by atoms with Crippen LogP contribution in [0.1, 0.15) is 47.7 Å². The lowest BCUT2D eigenvalue weighted by Crippen LogP contribution is -2.39. The second kappa shape index (κ2) is 8.41. The lowest BCUT2D eigenvalue weighted by atomic mass is 10.0. The second-order valence-corrected chi connectivity index (χ2v) is 5.87. The maximum atomic E-state index is 12.2. The van der Waals surface area contributed by atoms with Gasteiger partial charge in [0.15, 0.2) is 11.9 Å². The minimum absolute atomic E-state index is 0.00294. The summed E-state index contributed by atoms with van der Waals surface area (Å²) in [4.78, 5) is 46.5. The van der Waals surface area contributed by atoms with E-state index in [0.717, 1.165) is 26.4 Å². The summed E-state index contributed by atoms with van der Waals surface area (Å²) in [6.45, 7) is 1.33. The van der Waals surface area contributed by atoms with Crippen LogP contribution >= 0.6 is 0 Å². The van der Waals surface area contributed by atoms with E-state index in [1.165, 1.54) is 18.1 Å². The Morgan fingerprint density at radius 2 is 1.84 bits per heavy atom. The summed E-state index contributed by atoms with van der Waals surface area (Å²) < 4.78 is 9.19. The van der Waals surface area contributed by atoms with E-state index in [4.69, 9.17) is 4.74 Å². The first-order valence-electron chi connectivity index (χ1n) is 8.14. The van der Waals surface area contributed by atoms with Crippen molar-refractivity contribution in [1.82, 2.24) is 5.32 Å². The fourth-order valence-corrected chi connectivity index (χ4v) is 2.67. The van der Waals surface area contributed by atoms with Crippen LogP contribution in [-0.4, -0.2) is 37.0 Å². The van der Waals surface area contributed by atoms with Crippen LogP contribution in [0.4, 0.5) is 4.79 Å². The van der Waals surface area contributed by atoms with E-state index in [2.05, 4.69) is 4.74 Å². The van der Waals surface area contributed by atoms with E-state index in [-0.39, 0.29) is 18.6 Å². The molecule has 7 nitrogen and oxygen atoms in total. The average molecular weight is 347 g/mol. The van der Waals surface area contributed by atoms with Gasteiger partial charge in [0.1, 0.15) is 0 Å². The molecule has 0 spiro atoms. The number of esters is 1. The molecule has 2 amide bonds. The molecule has 0 bridgehead atoms. The van der Waals surface area contributed by atoms with E-state index in [1.807, 2.05) is 17.4 Å². The molecular weight excluding hydrogens is 326 g/mol. The molecule has 0 radical (unpaired) electrons. The minimum Gasteiger partial charge on any atom is -0.453 e. The largest absolute Gasteiger partial charge is 0.453 e. The lowest BCUT2D eigenvalue weighted by molar-refractivity contribution is -0.154. The van der Waals surface area contributed by atoms with E-state index >= 15 is 0 Å². The monoisotopic (exact) mass is 347 g/mol. The molecule has 0 saturated heterocycles. The molecule has 0 unspecified atom stereocenters. The average Bonchev–Trinajstić information content (AvgIpc) is 3.06. The molecule has 0 heterocycles. The van der Waals surface area contributed by atoms with Gasteiger partial charge in [0, 0.05) is 12.0 Å². The zero-order chi connectivity index (χ0) is 18.4. The van der Waals surface area contributed by atoms with Gasteiger partial charge in [-0.25, -0.2) is 4.79 Å². The number of nitrogens with one attached hydrogen (secondary N) is 1. The second-order valence-electron chi connectivity index (χ2n) is 5.87. The summed E-state index contributed by atoms with van der Waals surface area (Å²) in [5, 5.41) is 1.91. The summed E-state index contributed by atoms with van der Waals surface area (Å²) in [5.74, 6) is -1.61. The van der Waals surface area contributed by atoms with Crippen molar-refractivity contribution >= 4 is 23.8 Å². The Bertz CT molecular complexity index is 697. The predicted octanol–water partition coefficient (Wildman–Crippen LogP) is 1.95. The normalized spacial score (nSPS) is 13.5. The molecule has 25 heavy (non-hydrogen) atoms. The Kier molecular flexibility index (Phi) is 6.27. The molecule has 7 heteroatoms. The SMILES string of the molecule is COC(=O)NC(=O)[C@@H](C)OC(=O)CCC(=O)c1ccc2c(c1)CCC2. The number of carbonyl (C=O) groups is 4. The summed E-state index contributed by atoms with van der Waals surface area (Å²) in [7, 11) is 1.11. The molecule has 134 valence electrons. The number of aryl methyl sites for hydroxylation is 2. The van der Waals surface area contributed by atoms with Crippen LogP contribution < -0.4 is 5.32 Å². The molecule has 1 aromatic carbocycles. The molecule has 1 N–H and O–H groups in total. The molecule has 0 saturated carbocycles. The Hall–Kier alpha value is -2.70. The van der Waals surface area contributed by atoms with Gasteiger partial charge in [-0.3, -0.25) is 19.7 Å². The first-order valence-corrected chi connectivity index (χ1v) is 8.14. The van der Waals surface area contributed by atoms with Crippen molar-refractivity contribution in [3.8, 4) is 0 Å². The Morgan fingerprint density at radius 1 is 1.12 bits per heavy atom. The summed E-state index contributed by atoms with van der Waals surface area (Å²) in [5.41, 5.74) is 3.06. The third-order valence-electron chi connectivity index (χ3n) is 4.06. The number of hydrogen-bond acceptors (Lipinski definition) is 6. The number of Topliss-reactive ketones (excluding diaryl/α,β-unsaturated/α-hetero) is 1. The topological polar surface area (TPSA) is 98.8 Å². The number of ketones is 1. The predicted molar refractivity (Wildman–Crippen MR) is 88.1 cm³/mol. The standard InChI is InChI=1S/C18H21NO6/c1-11(17(22)19-18(23)24-2)25-16(21)9-8-15(20)14-7-6-12-4-3-5-13(12)10-14/h6-7,10-11H,3-5,8-9H2,1-2H3,(H,19,22,23)/t11-/m1/s1. The zero-order valence-corrected chi connectivity index (χ0v) is 14.3. The first kappa shape index (κ1) is 18.6. The first-order chi connectivity index (χ1) is 11.9. The maximum Gasteiger partial charge on any atom is 0.413 e. The molecular formula is C18H21NO6. The van der Waals surface area contributed by atoms with Crippen LogP contribution in [0.15, 0.2) is 18.2 Å². The van der Waals surface area contributed by atoms with Gasteiger partial charge in [-0.15, -0.1) is 0 Å². The van der Waals surface area contributed by atoms with Gasteiger partial charge in [-0.1, -0.05) is 12.1 Å². The number of amides is 2. The number of imide groups is 1. The smallest absolute Gasteiger partial charge is 0.413 e. The van der Waals surface area contributed by atoms with Crippen LogP contribution in [0.25, 0.3) is 0 Å². The Balaban J connectivity index is 1.80. The molecule has 0 aromatic heterocycles. The van der Waals surface area contributed by atoms with Crippen molar-refractivity contribution in [1.29, 1.82) is 0 Å². The van der Waals surface area contributed by atoms with Gasteiger partial charge in [-0.05, 0) is 43.4 Å². The number of carbonyl (C=O) groups excluding carboxylic acids is 4. The number of hydrogen-bond donors (Lipinski definition) is 1. The number of alkyl carbamates (subject to hydrolysis) is 1. The van der Waals surface area contributed by atoms with Crippen LogP contribution in [0, 0.1) is 0 Å². The van der Waals surface area contributed by atoms with Gasteiger partial charge in [-0.2, -0.15) is 0 Å². The summed E-state index contributed by atoms with van der Waals surface area (Å²) in [6.07, 6.45) is 0.911. The highest BCUT2D eigenvalue weighted by atomic mass is 16.6. The highest BCUT2D eigenvalue weighted by Gasteiger charge is 2.21. The van der Waals surface area contributed by atoms with E-state index in [0.29, 0.717) is 5.56 Å². The molecule has 1 aliphatic rings. The van der Waals surface area contributed by atoms with Gasteiger partial charge < -0.3 is 9.47 Å². The molecule has 1 aliphatic carbocycles. The fraction of sp³-hybridized carbons (Fsp3) is 0.444. The van der Waals surface area contributed by atoms with Crippen LogP contribution in [-0.2, 0) is 31.9 Å². The van der Waals surface area contributed by atoms with Crippen molar-refractivity contribution in [3.63, 3.8) is 0 Å². The highest BCUT2D eigenvalue weighted by Crippen LogP contribution is 2.23. The van der Waals surface area contributed by atoms with Crippen LogP contribution in [0.2, 0.25) is 0 Å². The minimum atomic E-state index is -1.15. The van der Waals surface area contributed by atoms with Gasteiger partial charge in [0.05, 0.1) is 13.5 Å². The highest BCUT2D eigenvalue weighted by molar-refractivity contribution is 5.98. The van der Waals surface area contributed by atoms with Crippen molar-refractivity contribution in [3.05, 3.63) is 34.9 Å². The Morgan fingerprint density at radius 3 is 2.56 bits per heavy atom. The number of methoxy groups -OCH3 is 1. The van der Waals surface area contributed by atoms with Crippen molar-refractivity contribution in [2.24, 2.45) is 0 Å². The van der Waals surface area contributed by atoms with E-state index in [9.17, 15) is 19.2 Å². The van der Waals surface area contributed by atoms with E-state index < -0.39 is 24.1 Å². The van der Waals surface area contributed by atoms with Crippen LogP contribution in [0.5, 0.6) is 0 Å². The van der Waals surface area contributed by atoms with Gasteiger partial charge in [0.2, 0.25) is 0 Å². The molecule has 0 aliphatic heterocycles. The number of fused-ring (bicyclic) bond motifs is 1. The number of ether oxygens (including phenoxy) is 2. The summed E-state index contributed by atoms with van der Waals surface area (Å²) in [6, 6.07) is 5.64.